The highest BCUT2D eigenvalue weighted by atomic mass is 16.5. The number of hydrogen-bond acceptors (Lipinski definition) is 2. The first-order valence-corrected chi connectivity index (χ1v) is 3.98. The summed E-state index contributed by atoms with van der Waals surface area (Å²) in [6.45, 7) is 1.87. The summed E-state index contributed by atoms with van der Waals surface area (Å²) < 4.78 is 4.88. The maximum absolute atomic E-state index is 10.8. The minimum absolute atomic E-state index is 0.706. The first kappa shape index (κ1) is 9.74. The third-order valence-electron chi connectivity index (χ3n) is 1.93. The zero-order valence-corrected chi connectivity index (χ0v) is 7.65. The molecule has 0 amide bonds. The normalized spacial score (nSPS) is 12.5. The van der Waals surface area contributed by atoms with E-state index in [4.69, 9.17) is 9.84 Å². The molecule has 0 aromatic heterocycles. The lowest BCUT2D eigenvalue weighted by atomic mass is 10.0. The fraction of sp³-hybridized carbons (Fsp3) is 0.300. The van der Waals surface area contributed by atoms with Crippen molar-refractivity contribution in [1.82, 2.24) is 0 Å². The van der Waals surface area contributed by atoms with Gasteiger partial charge >= 0.3 is 5.97 Å². The molecule has 1 aromatic rings. The van der Waals surface area contributed by atoms with Crippen LogP contribution in [-0.2, 0) is 9.53 Å². The number of aryl methyl sites for hydroxylation is 1. The van der Waals surface area contributed by atoms with Crippen molar-refractivity contribution in [2.45, 2.75) is 13.0 Å². The quantitative estimate of drug-likeness (QED) is 0.771. The van der Waals surface area contributed by atoms with Crippen LogP contribution in [0.15, 0.2) is 24.3 Å². The van der Waals surface area contributed by atoms with Gasteiger partial charge in [0.25, 0.3) is 0 Å². The zero-order valence-electron chi connectivity index (χ0n) is 7.65. The maximum Gasteiger partial charge on any atom is 0.337 e. The Morgan fingerprint density at radius 1 is 1.46 bits per heavy atom. The summed E-state index contributed by atoms with van der Waals surface area (Å²) >= 11 is 0. The second-order valence-electron chi connectivity index (χ2n) is 2.81. The Morgan fingerprint density at radius 2 is 2.08 bits per heavy atom. The highest BCUT2D eigenvalue weighted by Crippen LogP contribution is 2.20. The van der Waals surface area contributed by atoms with Crippen LogP contribution in [0.25, 0.3) is 0 Å². The molecule has 0 aliphatic rings. The first-order valence-electron chi connectivity index (χ1n) is 3.98. The lowest BCUT2D eigenvalue weighted by Crippen LogP contribution is -2.14. The van der Waals surface area contributed by atoms with Crippen LogP contribution in [0, 0.1) is 6.92 Å². The van der Waals surface area contributed by atoms with Crippen molar-refractivity contribution < 1.29 is 14.6 Å². The van der Waals surface area contributed by atoms with E-state index in [-0.39, 0.29) is 0 Å². The summed E-state index contributed by atoms with van der Waals surface area (Å²) in [5, 5.41) is 8.83. The van der Waals surface area contributed by atoms with Crippen molar-refractivity contribution >= 4 is 5.97 Å². The summed E-state index contributed by atoms with van der Waals surface area (Å²) in [5.74, 6) is -0.961. The maximum atomic E-state index is 10.8. The van der Waals surface area contributed by atoms with Gasteiger partial charge in [-0.1, -0.05) is 24.3 Å². The van der Waals surface area contributed by atoms with Gasteiger partial charge in [-0.2, -0.15) is 0 Å². The third-order valence-corrected chi connectivity index (χ3v) is 1.93. The molecule has 0 saturated heterocycles. The van der Waals surface area contributed by atoms with Crippen LogP contribution in [-0.4, -0.2) is 18.2 Å². The predicted molar refractivity (Wildman–Crippen MR) is 48.6 cm³/mol. The van der Waals surface area contributed by atoms with Crippen molar-refractivity contribution in [2.75, 3.05) is 7.11 Å². The summed E-state index contributed by atoms with van der Waals surface area (Å²) in [7, 11) is 1.39. The van der Waals surface area contributed by atoms with Gasteiger partial charge in [-0.15, -0.1) is 0 Å². The minimum atomic E-state index is -0.961. The molecule has 13 heavy (non-hydrogen) atoms. The average molecular weight is 180 g/mol. The lowest BCUT2D eigenvalue weighted by molar-refractivity contribution is -0.148. The summed E-state index contributed by atoms with van der Waals surface area (Å²) in [4.78, 5) is 10.8. The van der Waals surface area contributed by atoms with Gasteiger partial charge in [0.1, 0.15) is 0 Å². The smallest absolute Gasteiger partial charge is 0.337 e. The summed E-state index contributed by atoms with van der Waals surface area (Å²) in [5.41, 5.74) is 1.63. The van der Waals surface area contributed by atoms with E-state index in [1.165, 1.54) is 7.11 Å². The molecule has 1 atom stereocenters. The van der Waals surface area contributed by atoms with Gasteiger partial charge in [-0.3, -0.25) is 0 Å². The van der Waals surface area contributed by atoms with Crippen molar-refractivity contribution in [3.8, 4) is 0 Å². The lowest BCUT2D eigenvalue weighted by Gasteiger charge is -2.12. The fourth-order valence-corrected chi connectivity index (χ4v) is 1.24. The molecule has 1 aromatic carbocycles. The van der Waals surface area contributed by atoms with E-state index in [1.807, 2.05) is 19.1 Å². The van der Waals surface area contributed by atoms with Gasteiger partial charge in [0.15, 0.2) is 6.10 Å². The van der Waals surface area contributed by atoms with Crippen molar-refractivity contribution in [3.63, 3.8) is 0 Å². The monoisotopic (exact) mass is 180 g/mol. The van der Waals surface area contributed by atoms with E-state index in [0.717, 1.165) is 5.56 Å². The molecule has 1 N–H and O–H groups in total. The van der Waals surface area contributed by atoms with Gasteiger partial charge in [0, 0.05) is 7.11 Å². The SMILES string of the molecule is CO[C@@H](C(=O)O)c1ccccc1C. The van der Waals surface area contributed by atoms with Crippen molar-refractivity contribution in [1.29, 1.82) is 0 Å². The van der Waals surface area contributed by atoms with E-state index in [2.05, 4.69) is 0 Å². The van der Waals surface area contributed by atoms with Gasteiger partial charge in [-0.05, 0) is 18.1 Å². The van der Waals surface area contributed by atoms with Crippen LogP contribution in [0.1, 0.15) is 17.2 Å². The fourth-order valence-electron chi connectivity index (χ4n) is 1.24. The van der Waals surface area contributed by atoms with Crippen LogP contribution >= 0.6 is 0 Å². The van der Waals surface area contributed by atoms with Gasteiger partial charge in [-0.25, -0.2) is 4.79 Å². The Morgan fingerprint density at radius 3 is 2.54 bits per heavy atom. The molecular formula is C10H12O3. The molecule has 3 nitrogen and oxygen atoms in total. The van der Waals surface area contributed by atoms with E-state index in [1.54, 1.807) is 12.1 Å². The van der Waals surface area contributed by atoms with Crippen LogP contribution < -0.4 is 0 Å². The Labute approximate surface area is 77.0 Å². The van der Waals surface area contributed by atoms with Gasteiger partial charge < -0.3 is 9.84 Å². The number of hydrogen-bond donors (Lipinski definition) is 1. The van der Waals surface area contributed by atoms with Gasteiger partial charge in [0.05, 0.1) is 0 Å². The molecule has 0 fully saturated rings. The molecule has 0 bridgehead atoms. The van der Waals surface area contributed by atoms with Crippen LogP contribution in [0.5, 0.6) is 0 Å². The van der Waals surface area contributed by atoms with Crippen LogP contribution in [0.2, 0.25) is 0 Å². The highest BCUT2D eigenvalue weighted by Gasteiger charge is 2.19. The molecule has 3 heteroatoms. The number of methoxy groups -OCH3 is 1. The second-order valence-corrected chi connectivity index (χ2v) is 2.81. The molecule has 0 aliphatic carbocycles. The molecule has 0 spiro atoms. The van der Waals surface area contributed by atoms with Crippen molar-refractivity contribution in [3.05, 3.63) is 35.4 Å². The molecular weight excluding hydrogens is 168 g/mol. The van der Waals surface area contributed by atoms with Crippen LogP contribution in [0.4, 0.5) is 0 Å². The third kappa shape index (κ3) is 2.06. The second kappa shape index (κ2) is 4.05. The number of ether oxygens (including phenoxy) is 1. The number of aliphatic carboxylic acids is 1. The van der Waals surface area contributed by atoms with Gasteiger partial charge in [0.2, 0.25) is 0 Å². The number of carboxylic acids is 1. The Bertz CT molecular complexity index is 307. The number of benzene rings is 1. The predicted octanol–water partition coefficient (Wildman–Crippen LogP) is 1.77. The topological polar surface area (TPSA) is 46.5 Å². The molecule has 0 aliphatic heterocycles. The van der Waals surface area contributed by atoms with E-state index in [0.29, 0.717) is 5.56 Å². The Hall–Kier alpha value is -1.35. The highest BCUT2D eigenvalue weighted by molar-refractivity contribution is 5.74. The first-order chi connectivity index (χ1) is 6.16. The number of carbonyl (C=O) groups is 1. The molecule has 0 saturated carbocycles. The standard InChI is InChI=1S/C10H12O3/c1-7-5-3-4-6-8(7)9(13-2)10(11)12/h3-6,9H,1-2H3,(H,11,12)/t9-/m1/s1. The number of carboxylic acid groups (broad SMARTS) is 1. The summed E-state index contributed by atoms with van der Waals surface area (Å²) in [6.07, 6.45) is -0.860. The average Bonchev–Trinajstić information content (AvgIpc) is 2.09. The molecule has 70 valence electrons. The number of rotatable bonds is 3. The Kier molecular flexibility index (Phi) is 3.03. The molecule has 0 radical (unpaired) electrons. The zero-order chi connectivity index (χ0) is 9.84. The van der Waals surface area contributed by atoms with Crippen LogP contribution in [0.3, 0.4) is 0 Å². The molecule has 0 unspecified atom stereocenters. The Balaban J connectivity index is 3.04. The van der Waals surface area contributed by atoms with E-state index in [9.17, 15) is 4.79 Å². The minimum Gasteiger partial charge on any atom is -0.479 e. The summed E-state index contributed by atoms with van der Waals surface area (Å²) in [6, 6.07) is 7.30. The van der Waals surface area contributed by atoms with E-state index >= 15 is 0 Å². The largest absolute Gasteiger partial charge is 0.479 e. The van der Waals surface area contributed by atoms with E-state index < -0.39 is 12.1 Å². The van der Waals surface area contributed by atoms with Crippen molar-refractivity contribution in [2.24, 2.45) is 0 Å². The molecule has 1 rings (SSSR count). The molecule has 0 heterocycles.